The van der Waals surface area contributed by atoms with Crippen LogP contribution in [0, 0.1) is 0 Å². The highest BCUT2D eigenvalue weighted by molar-refractivity contribution is 5.91. The minimum atomic E-state index is -0.397. The fourth-order valence-corrected chi connectivity index (χ4v) is 4.44. The van der Waals surface area contributed by atoms with Crippen LogP contribution in [-0.2, 0) is 22.4 Å². The van der Waals surface area contributed by atoms with Crippen molar-refractivity contribution in [3.05, 3.63) is 53.6 Å². The second-order valence-corrected chi connectivity index (χ2v) is 8.22. The SMILES string of the molecule is CC(=O)NCC1CN(c2ccc3c(c2)CCCc2c(-c4ccc(O)cc4)n[nH]c2-3)C(=O)O1. The molecule has 1 atom stereocenters. The third kappa shape index (κ3) is 3.68. The van der Waals surface area contributed by atoms with E-state index in [0.717, 1.165) is 58.6 Å². The monoisotopic (exact) mass is 432 g/mol. The zero-order valence-electron chi connectivity index (χ0n) is 17.7. The molecule has 0 spiro atoms. The van der Waals surface area contributed by atoms with Crippen LogP contribution in [0.25, 0.3) is 22.5 Å². The Bertz CT molecular complexity index is 1190. The molecule has 1 aromatic heterocycles. The number of aromatic nitrogens is 2. The predicted octanol–water partition coefficient (Wildman–Crippen LogP) is 3.40. The van der Waals surface area contributed by atoms with Gasteiger partial charge in [0.2, 0.25) is 5.91 Å². The van der Waals surface area contributed by atoms with Gasteiger partial charge in [-0.2, -0.15) is 5.10 Å². The molecular weight excluding hydrogens is 408 g/mol. The number of nitrogens with zero attached hydrogens (tertiary/aromatic N) is 2. The van der Waals surface area contributed by atoms with Gasteiger partial charge in [-0.05, 0) is 61.2 Å². The summed E-state index contributed by atoms with van der Waals surface area (Å²) in [6.07, 6.45) is 1.97. The van der Waals surface area contributed by atoms with Crippen LogP contribution in [0.3, 0.4) is 0 Å². The number of anilines is 1. The van der Waals surface area contributed by atoms with E-state index in [9.17, 15) is 14.7 Å². The first-order valence-corrected chi connectivity index (χ1v) is 10.7. The normalized spacial score (nSPS) is 17.3. The molecule has 8 nitrogen and oxygen atoms in total. The summed E-state index contributed by atoms with van der Waals surface area (Å²) in [4.78, 5) is 25.2. The lowest BCUT2D eigenvalue weighted by Crippen LogP contribution is -2.33. The Morgan fingerprint density at radius 1 is 1.25 bits per heavy atom. The van der Waals surface area contributed by atoms with Crippen molar-refractivity contribution in [2.75, 3.05) is 18.0 Å². The van der Waals surface area contributed by atoms with Gasteiger partial charge in [0, 0.05) is 29.3 Å². The first-order chi connectivity index (χ1) is 15.5. The summed E-state index contributed by atoms with van der Waals surface area (Å²) in [6, 6.07) is 13.1. The third-order valence-electron chi connectivity index (χ3n) is 6.00. The molecule has 3 N–H and O–H groups in total. The summed E-state index contributed by atoms with van der Waals surface area (Å²) in [6.45, 7) is 2.15. The van der Waals surface area contributed by atoms with Gasteiger partial charge in [-0.15, -0.1) is 0 Å². The van der Waals surface area contributed by atoms with Crippen LogP contribution in [0.15, 0.2) is 42.5 Å². The average Bonchev–Trinajstić information content (AvgIpc) is 3.31. The van der Waals surface area contributed by atoms with Crippen molar-refractivity contribution in [1.29, 1.82) is 0 Å². The first-order valence-electron chi connectivity index (χ1n) is 10.7. The number of cyclic esters (lactones) is 1. The number of nitrogens with one attached hydrogen (secondary N) is 2. The number of aryl methyl sites for hydroxylation is 1. The number of aromatic hydroxyl groups is 1. The van der Waals surface area contributed by atoms with Gasteiger partial charge in [-0.1, -0.05) is 6.07 Å². The molecule has 2 heterocycles. The molecule has 5 rings (SSSR count). The van der Waals surface area contributed by atoms with Crippen molar-refractivity contribution < 1.29 is 19.4 Å². The Hall–Kier alpha value is -3.81. The number of aromatic amines is 1. The van der Waals surface area contributed by atoms with E-state index in [1.54, 1.807) is 17.0 Å². The van der Waals surface area contributed by atoms with Gasteiger partial charge in [-0.25, -0.2) is 4.79 Å². The van der Waals surface area contributed by atoms with E-state index < -0.39 is 6.09 Å². The zero-order valence-corrected chi connectivity index (χ0v) is 17.7. The molecule has 3 aromatic rings. The lowest BCUT2D eigenvalue weighted by Gasteiger charge is -2.16. The highest BCUT2D eigenvalue weighted by Gasteiger charge is 2.33. The van der Waals surface area contributed by atoms with E-state index in [-0.39, 0.29) is 17.8 Å². The zero-order chi connectivity index (χ0) is 22.2. The largest absolute Gasteiger partial charge is 0.508 e. The minimum Gasteiger partial charge on any atom is -0.508 e. The molecule has 1 aliphatic heterocycles. The van der Waals surface area contributed by atoms with Gasteiger partial charge < -0.3 is 15.2 Å². The van der Waals surface area contributed by atoms with E-state index in [1.165, 1.54) is 6.92 Å². The van der Waals surface area contributed by atoms with Crippen molar-refractivity contribution in [2.45, 2.75) is 32.3 Å². The van der Waals surface area contributed by atoms with Gasteiger partial charge in [0.25, 0.3) is 0 Å². The van der Waals surface area contributed by atoms with Crippen molar-refractivity contribution in [2.24, 2.45) is 0 Å². The molecule has 2 amide bonds. The maximum absolute atomic E-state index is 12.4. The van der Waals surface area contributed by atoms with Crippen LogP contribution in [0.4, 0.5) is 10.5 Å². The van der Waals surface area contributed by atoms with Gasteiger partial charge in [-0.3, -0.25) is 14.8 Å². The second-order valence-electron chi connectivity index (χ2n) is 8.22. The quantitative estimate of drug-likeness (QED) is 0.586. The fourth-order valence-electron chi connectivity index (χ4n) is 4.44. The molecule has 164 valence electrons. The molecule has 2 aliphatic rings. The molecule has 1 unspecified atom stereocenters. The maximum Gasteiger partial charge on any atom is 0.414 e. The topological polar surface area (TPSA) is 108 Å². The molecule has 8 heteroatoms. The summed E-state index contributed by atoms with van der Waals surface area (Å²) in [7, 11) is 0. The molecule has 1 fully saturated rings. The van der Waals surface area contributed by atoms with Crippen LogP contribution in [0.1, 0.15) is 24.5 Å². The van der Waals surface area contributed by atoms with Gasteiger partial charge in [0.1, 0.15) is 11.9 Å². The molecule has 1 saturated heterocycles. The third-order valence-corrected chi connectivity index (χ3v) is 6.00. The van der Waals surface area contributed by atoms with E-state index in [2.05, 4.69) is 15.5 Å². The van der Waals surface area contributed by atoms with Crippen molar-refractivity contribution >= 4 is 17.7 Å². The van der Waals surface area contributed by atoms with Crippen molar-refractivity contribution in [1.82, 2.24) is 15.5 Å². The number of hydrogen-bond donors (Lipinski definition) is 3. The summed E-state index contributed by atoms with van der Waals surface area (Å²) in [5.74, 6) is 0.0829. The Labute approximate surface area is 185 Å². The Morgan fingerprint density at radius 2 is 2.06 bits per heavy atom. The van der Waals surface area contributed by atoms with E-state index in [1.807, 2.05) is 30.3 Å². The predicted molar refractivity (Wildman–Crippen MR) is 119 cm³/mol. The first kappa shape index (κ1) is 20.1. The highest BCUT2D eigenvalue weighted by Crippen LogP contribution is 2.38. The van der Waals surface area contributed by atoms with Crippen LogP contribution in [0.5, 0.6) is 5.75 Å². The molecular formula is C24H24N4O4. The number of ether oxygens (including phenoxy) is 1. The number of carbonyl (C=O) groups is 2. The van der Waals surface area contributed by atoms with Gasteiger partial charge in [0.15, 0.2) is 0 Å². The van der Waals surface area contributed by atoms with Crippen LogP contribution >= 0.6 is 0 Å². The molecule has 2 aromatic carbocycles. The number of phenols is 1. The number of amides is 2. The number of H-pyrrole nitrogens is 1. The van der Waals surface area contributed by atoms with E-state index >= 15 is 0 Å². The summed E-state index contributed by atoms with van der Waals surface area (Å²) in [5.41, 5.74) is 7.06. The fraction of sp³-hybridized carbons (Fsp3) is 0.292. The number of rotatable bonds is 4. The maximum atomic E-state index is 12.4. The molecule has 0 bridgehead atoms. The van der Waals surface area contributed by atoms with Gasteiger partial charge in [0.05, 0.1) is 24.5 Å². The Morgan fingerprint density at radius 3 is 2.84 bits per heavy atom. The number of hydrogen-bond acceptors (Lipinski definition) is 5. The minimum absolute atomic E-state index is 0.147. The second kappa shape index (κ2) is 8.03. The molecule has 32 heavy (non-hydrogen) atoms. The van der Waals surface area contributed by atoms with E-state index in [4.69, 9.17) is 4.74 Å². The Kier molecular flexibility index (Phi) is 5.05. The van der Waals surface area contributed by atoms with Crippen LogP contribution in [-0.4, -0.2) is 46.5 Å². The Balaban J connectivity index is 1.43. The summed E-state index contributed by atoms with van der Waals surface area (Å²) < 4.78 is 5.40. The van der Waals surface area contributed by atoms with Crippen LogP contribution < -0.4 is 10.2 Å². The van der Waals surface area contributed by atoms with Crippen molar-refractivity contribution in [3.8, 4) is 28.3 Å². The smallest absolute Gasteiger partial charge is 0.414 e. The lowest BCUT2D eigenvalue weighted by molar-refractivity contribution is -0.119. The van der Waals surface area contributed by atoms with Crippen LogP contribution in [0.2, 0.25) is 0 Å². The summed E-state index contributed by atoms with van der Waals surface area (Å²) >= 11 is 0. The molecule has 0 saturated carbocycles. The van der Waals surface area contributed by atoms with Gasteiger partial charge >= 0.3 is 6.09 Å². The number of phenolic OH excluding ortho intramolecular Hbond substituents is 1. The molecule has 1 aliphatic carbocycles. The molecule has 0 radical (unpaired) electrons. The standard InChI is InChI=1S/C24H24N4O4/c1-14(29)25-12-19-13-28(24(31)32-19)17-7-10-20-16(11-17)3-2-4-21-22(26-27-23(20)21)15-5-8-18(30)9-6-15/h5-11,19,30H,2-4,12-13H2,1H3,(H,25,29)(H,26,27). The summed E-state index contributed by atoms with van der Waals surface area (Å²) in [5, 5.41) is 20.1. The number of fused-ring (bicyclic) bond motifs is 3. The van der Waals surface area contributed by atoms with E-state index in [0.29, 0.717) is 13.1 Å². The van der Waals surface area contributed by atoms with Crippen molar-refractivity contribution in [3.63, 3.8) is 0 Å². The number of benzene rings is 2. The highest BCUT2D eigenvalue weighted by atomic mass is 16.6. The average molecular weight is 432 g/mol. The lowest BCUT2D eigenvalue weighted by atomic mass is 9.99. The number of carbonyl (C=O) groups excluding carboxylic acids is 2.